The van der Waals surface area contributed by atoms with Crippen molar-refractivity contribution in [2.24, 2.45) is 0 Å². The molecule has 0 saturated heterocycles. The average Bonchev–Trinajstić information content (AvgIpc) is 3.33. The largest absolute Gasteiger partial charge is 0.467 e. The van der Waals surface area contributed by atoms with Gasteiger partial charge in [-0.2, -0.15) is 5.10 Å². The Kier molecular flexibility index (Phi) is 6.44. The van der Waals surface area contributed by atoms with Crippen LogP contribution in [0, 0.1) is 0 Å². The monoisotopic (exact) mass is 431 g/mol. The van der Waals surface area contributed by atoms with E-state index in [1.165, 1.54) is 0 Å². The summed E-state index contributed by atoms with van der Waals surface area (Å²) in [7, 11) is 1.57. The molecule has 8 heteroatoms. The Hall–Kier alpha value is -3.75. The lowest BCUT2D eigenvalue weighted by molar-refractivity contribution is 0.0515. The zero-order chi connectivity index (χ0) is 22.5. The smallest absolute Gasteiger partial charge is 0.188 e. The third kappa shape index (κ3) is 4.46. The minimum Gasteiger partial charge on any atom is -0.467 e. The number of anilines is 1. The van der Waals surface area contributed by atoms with Gasteiger partial charge >= 0.3 is 0 Å². The molecule has 1 unspecified atom stereocenters. The highest BCUT2D eigenvalue weighted by Gasteiger charge is 2.15. The highest BCUT2D eigenvalue weighted by Crippen LogP contribution is 2.33. The molecule has 8 nitrogen and oxygen atoms in total. The maximum Gasteiger partial charge on any atom is 0.188 e. The summed E-state index contributed by atoms with van der Waals surface area (Å²) in [6, 6.07) is 17.3. The van der Waals surface area contributed by atoms with Crippen LogP contribution in [-0.4, -0.2) is 39.0 Å². The number of para-hydroxylation sites is 1. The fourth-order valence-electron chi connectivity index (χ4n) is 3.43. The topological polar surface area (TPSA) is 108 Å². The van der Waals surface area contributed by atoms with Gasteiger partial charge < -0.3 is 20.3 Å². The van der Waals surface area contributed by atoms with Crippen LogP contribution in [0.1, 0.15) is 24.1 Å². The molecule has 2 aromatic heterocycles. The van der Waals surface area contributed by atoms with Crippen LogP contribution >= 0.6 is 0 Å². The number of hydrogen-bond acceptors (Lipinski definition) is 7. The van der Waals surface area contributed by atoms with Gasteiger partial charge in [-0.1, -0.05) is 36.4 Å². The summed E-state index contributed by atoms with van der Waals surface area (Å²) in [6.45, 7) is 2.22. The van der Waals surface area contributed by atoms with Crippen LogP contribution in [0.15, 0.2) is 67.0 Å². The summed E-state index contributed by atoms with van der Waals surface area (Å²) < 4.78 is 12.6. The molecular formula is C24H25N5O3. The first kappa shape index (κ1) is 21.5. The lowest BCUT2D eigenvalue weighted by Crippen LogP contribution is -2.07. The summed E-state index contributed by atoms with van der Waals surface area (Å²) in [5.41, 5.74) is 11.1. The fraction of sp³-hybridized carbons (Fsp3) is 0.208. The summed E-state index contributed by atoms with van der Waals surface area (Å²) in [6.07, 6.45) is 3.71. The van der Waals surface area contributed by atoms with E-state index < -0.39 is 0 Å². The van der Waals surface area contributed by atoms with E-state index in [4.69, 9.17) is 15.2 Å². The van der Waals surface area contributed by atoms with Crippen molar-refractivity contribution in [1.29, 1.82) is 0 Å². The molecule has 0 aliphatic rings. The third-order valence-corrected chi connectivity index (χ3v) is 5.27. The second kappa shape index (κ2) is 9.59. The summed E-state index contributed by atoms with van der Waals surface area (Å²) >= 11 is 0. The van der Waals surface area contributed by atoms with E-state index >= 15 is 0 Å². The molecule has 0 amide bonds. The van der Waals surface area contributed by atoms with Gasteiger partial charge in [0.15, 0.2) is 12.6 Å². The number of methoxy groups -OCH3 is 1. The molecule has 164 valence electrons. The van der Waals surface area contributed by atoms with Crippen molar-refractivity contribution in [1.82, 2.24) is 20.0 Å². The minimum absolute atomic E-state index is 0.00940. The van der Waals surface area contributed by atoms with E-state index in [1.807, 2.05) is 65.5 Å². The van der Waals surface area contributed by atoms with Crippen LogP contribution in [0.2, 0.25) is 0 Å². The van der Waals surface area contributed by atoms with Gasteiger partial charge in [0.25, 0.3) is 0 Å². The summed E-state index contributed by atoms with van der Waals surface area (Å²) in [5, 5.41) is 22.2. The predicted molar refractivity (Wildman–Crippen MR) is 122 cm³/mol. The van der Waals surface area contributed by atoms with E-state index in [0.29, 0.717) is 17.3 Å². The molecule has 0 spiro atoms. The molecule has 4 aromatic rings. The first-order valence-electron chi connectivity index (χ1n) is 10.2. The van der Waals surface area contributed by atoms with Crippen molar-refractivity contribution < 1.29 is 14.6 Å². The number of nitrogens with two attached hydrogens (primary N) is 1. The number of benzene rings is 2. The van der Waals surface area contributed by atoms with Crippen LogP contribution in [0.4, 0.5) is 5.82 Å². The van der Waals surface area contributed by atoms with Crippen LogP contribution in [0.3, 0.4) is 0 Å². The first-order chi connectivity index (χ1) is 15.6. The van der Waals surface area contributed by atoms with Crippen molar-refractivity contribution in [3.05, 3.63) is 78.1 Å². The summed E-state index contributed by atoms with van der Waals surface area (Å²) in [5.74, 6) is 0.971. The van der Waals surface area contributed by atoms with E-state index in [9.17, 15) is 5.11 Å². The maximum atomic E-state index is 9.25. The SMILES string of the molecule is COCOc1ccccc1-c1cc(-c2cnn(C(C)c3ccc(CO)cc3)c2)c(N)nn1. The molecule has 0 aliphatic heterocycles. The normalized spacial score (nSPS) is 12.0. The second-order valence-electron chi connectivity index (χ2n) is 7.36. The number of aromatic nitrogens is 4. The molecule has 0 saturated carbocycles. The van der Waals surface area contributed by atoms with Gasteiger partial charge in [0, 0.05) is 30.0 Å². The predicted octanol–water partition coefficient (Wildman–Crippen LogP) is 3.67. The standard InChI is InChI=1S/C24H25N5O3/c1-16(18-9-7-17(14-30)8-10-18)29-13-19(12-26-29)21-11-22(27-28-24(21)25)20-5-3-4-6-23(20)32-15-31-2/h3-13,16,30H,14-15H2,1-2H3,(H2,25,28). The molecular weight excluding hydrogens is 406 g/mol. The first-order valence-corrected chi connectivity index (χ1v) is 10.2. The van der Waals surface area contributed by atoms with Gasteiger partial charge in [0.2, 0.25) is 0 Å². The molecule has 2 aromatic carbocycles. The molecule has 0 bridgehead atoms. The number of aliphatic hydroxyl groups excluding tert-OH is 1. The number of rotatable bonds is 8. The lowest BCUT2D eigenvalue weighted by Gasteiger charge is -2.13. The van der Waals surface area contributed by atoms with E-state index in [2.05, 4.69) is 22.2 Å². The van der Waals surface area contributed by atoms with Gasteiger partial charge in [0.1, 0.15) is 5.75 Å². The number of ether oxygens (including phenoxy) is 2. The zero-order valence-corrected chi connectivity index (χ0v) is 18.0. The Morgan fingerprint density at radius 1 is 1.06 bits per heavy atom. The highest BCUT2D eigenvalue weighted by molar-refractivity contribution is 5.78. The number of nitrogens with zero attached hydrogens (tertiary/aromatic N) is 4. The molecule has 0 radical (unpaired) electrons. The number of aliphatic hydroxyl groups is 1. The number of nitrogen functional groups attached to an aromatic ring is 1. The maximum absolute atomic E-state index is 9.25. The second-order valence-corrected chi connectivity index (χ2v) is 7.36. The molecule has 3 N–H and O–H groups in total. The minimum atomic E-state index is 0.00940. The Morgan fingerprint density at radius 3 is 2.59 bits per heavy atom. The average molecular weight is 431 g/mol. The quantitative estimate of drug-likeness (QED) is 0.410. The van der Waals surface area contributed by atoms with Crippen molar-refractivity contribution in [2.45, 2.75) is 19.6 Å². The third-order valence-electron chi connectivity index (χ3n) is 5.27. The van der Waals surface area contributed by atoms with Crippen LogP contribution in [0.25, 0.3) is 22.4 Å². The Bertz CT molecular complexity index is 1190. The Labute approximate surface area is 186 Å². The van der Waals surface area contributed by atoms with Gasteiger partial charge in [-0.05, 0) is 36.2 Å². The Balaban J connectivity index is 1.65. The zero-order valence-electron chi connectivity index (χ0n) is 18.0. The Morgan fingerprint density at radius 2 is 1.84 bits per heavy atom. The van der Waals surface area contributed by atoms with Crippen molar-refractivity contribution in [3.63, 3.8) is 0 Å². The van der Waals surface area contributed by atoms with Gasteiger partial charge in [-0.25, -0.2) is 0 Å². The lowest BCUT2D eigenvalue weighted by atomic mass is 10.1. The highest BCUT2D eigenvalue weighted by atomic mass is 16.7. The molecule has 0 aliphatic carbocycles. The molecule has 32 heavy (non-hydrogen) atoms. The van der Waals surface area contributed by atoms with Crippen LogP contribution in [0.5, 0.6) is 5.75 Å². The van der Waals surface area contributed by atoms with Crippen molar-refractivity contribution in [3.8, 4) is 28.1 Å². The summed E-state index contributed by atoms with van der Waals surface area (Å²) in [4.78, 5) is 0. The van der Waals surface area contributed by atoms with Crippen molar-refractivity contribution >= 4 is 5.82 Å². The molecule has 0 fully saturated rings. The fourth-order valence-corrected chi connectivity index (χ4v) is 3.43. The van der Waals surface area contributed by atoms with Crippen LogP contribution in [-0.2, 0) is 11.3 Å². The van der Waals surface area contributed by atoms with Gasteiger partial charge in [-0.15, -0.1) is 10.2 Å². The van der Waals surface area contributed by atoms with Crippen molar-refractivity contribution in [2.75, 3.05) is 19.6 Å². The molecule has 1 atom stereocenters. The van der Waals surface area contributed by atoms with Gasteiger partial charge in [0.05, 0.1) is 24.5 Å². The van der Waals surface area contributed by atoms with E-state index in [1.54, 1.807) is 13.3 Å². The molecule has 2 heterocycles. The number of hydrogen-bond donors (Lipinski definition) is 2. The van der Waals surface area contributed by atoms with E-state index in [0.717, 1.165) is 27.8 Å². The van der Waals surface area contributed by atoms with E-state index in [-0.39, 0.29) is 19.4 Å². The van der Waals surface area contributed by atoms with Crippen LogP contribution < -0.4 is 10.5 Å². The molecule has 4 rings (SSSR count). The van der Waals surface area contributed by atoms with Gasteiger partial charge in [-0.3, -0.25) is 4.68 Å².